The van der Waals surface area contributed by atoms with Gasteiger partial charge in [0.05, 0.1) is 14.3 Å². The zero-order valence-electron chi connectivity index (χ0n) is 6.65. The molecule has 0 radical (unpaired) electrons. The second-order valence-electron chi connectivity index (χ2n) is 2.32. The van der Waals surface area contributed by atoms with E-state index in [1.807, 2.05) is 45.2 Å². The minimum absolute atomic E-state index is 0.0367. The van der Waals surface area contributed by atoms with Gasteiger partial charge in [-0.1, -0.05) is 0 Å². The van der Waals surface area contributed by atoms with Gasteiger partial charge in [0, 0.05) is 5.56 Å². The summed E-state index contributed by atoms with van der Waals surface area (Å²) < 4.78 is 31.1. The van der Waals surface area contributed by atoms with Crippen LogP contribution in [0, 0.1) is 7.14 Å². The highest BCUT2D eigenvalue weighted by Gasteiger charge is 2.13. The molecule has 0 saturated carbocycles. The summed E-state index contributed by atoms with van der Waals surface area (Å²) in [6.45, 7) is 0. The van der Waals surface area contributed by atoms with E-state index in [2.05, 4.69) is 0 Å². The molecule has 1 nitrogen and oxygen atoms in total. The molecule has 1 aromatic carbocycles. The minimum Gasteiger partial charge on any atom is -0.495 e. The first-order chi connectivity index (χ1) is 6.06. The maximum Gasteiger partial charge on any atom is 0.263 e. The Kier molecular flexibility index (Phi) is 4.14. The molecule has 0 atom stereocenters. The van der Waals surface area contributed by atoms with E-state index in [0.717, 1.165) is 0 Å². The number of hydrogen-bond acceptors (Lipinski definition) is 1. The predicted molar refractivity (Wildman–Crippen MR) is 63.4 cm³/mol. The highest BCUT2D eigenvalue weighted by molar-refractivity contribution is 14.1. The van der Waals surface area contributed by atoms with Crippen molar-refractivity contribution >= 4 is 45.2 Å². The molecule has 0 heterocycles. The van der Waals surface area contributed by atoms with Gasteiger partial charge in [-0.25, -0.2) is 8.78 Å². The Morgan fingerprint density at radius 1 is 1.23 bits per heavy atom. The summed E-state index contributed by atoms with van der Waals surface area (Å²) in [5.41, 5.74) is 0.0367. The molecule has 0 amide bonds. The van der Waals surface area contributed by atoms with Gasteiger partial charge in [0.15, 0.2) is 0 Å². The third-order valence-electron chi connectivity index (χ3n) is 1.48. The van der Waals surface area contributed by atoms with E-state index in [-0.39, 0.29) is 5.56 Å². The van der Waals surface area contributed by atoms with Gasteiger partial charge < -0.3 is 4.74 Å². The Labute approximate surface area is 102 Å². The van der Waals surface area contributed by atoms with Crippen molar-refractivity contribution in [3.8, 4) is 5.75 Å². The molecule has 0 N–H and O–H groups in total. The molecule has 0 fully saturated rings. The quantitative estimate of drug-likeness (QED) is 0.674. The second kappa shape index (κ2) is 4.72. The Balaban J connectivity index is 3.20. The van der Waals surface area contributed by atoms with Crippen LogP contribution in [-0.2, 0) is 0 Å². The fourth-order valence-electron chi connectivity index (χ4n) is 0.900. The lowest BCUT2D eigenvalue weighted by molar-refractivity contribution is 0.151. The molecule has 0 aromatic heterocycles. The average molecular weight is 410 g/mol. The van der Waals surface area contributed by atoms with Crippen molar-refractivity contribution in [2.75, 3.05) is 7.11 Å². The number of rotatable bonds is 2. The summed E-state index contributed by atoms with van der Waals surface area (Å²) in [4.78, 5) is 0. The van der Waals surface area contributed by atoms with E-state index < -0.39 is 6.43 Å². The summed E-state index contributed by atoms with van der Waals surface area (Å²) >= 11 is 3.96. The summed E-state index contributed by atoms with van der Waals surface area (Å²) in [6, 6.07) is 2.87. The van der Waals surface area contributed by atoms with E-state index >= 15 is 0 Å². The third-order valence-corrected chi connectivity index (χ3v) is 3.08. The molecule has 0 spiro atoms. The predicted octanol–water partition coefficient (Wildman–Crippen LogP) is 3.84. The molecule has 0 saturated heterocycles. The maximum atomic E-state index is 12.3. The molecule has 13 heavy (non-hydrogen) atoms. The molecule has 0 aliphatic carbocycles. The fraction of sp³-hybridized carbons (Fsp3) is 0.250. The van der Waals surface area contributed by atoms with Crippen molar-refractivity contribution in [3.63, 3.8) is 0 Å². The number of benzene rings is 1. The van der Waals surface area contributed by atoms with Gasteiger partial charge >= 0.3 is 0 Å². The third kappa shape index (κ3) is 2.64. The van der Waals surface area contributed by atoms with Crippen LogP contribution in [0.1, 0.15) is 12.0 Å². The Morgan fingerprint density at radius 2 is 1.69 bits per heavy atom. The molecular formula is C8H6F2I2O. The van der Waals surface area contributed by atoms with Crippen LogP contribution in [0.25, 0.3) is 0 Å². The molecule has 0 unspecified atom stereocenters. The van der Waals surface area contributed by atoms with Crippen molar-refractivity contribution in [2.24, 2.45) is 0 Å². The van der Waals surface area contributed by atoms with Gasteiger partial charge in [-0.3, -0.25) is 0 Å². The molecule has 0 aliphatic rings. The Bertz CT molecular complexity index is 292. The van der Waals surface area contributed by atoms with E-state index in [4.69, 9.17) is 4.74 Å². The zero-order chi connectivity index (χ0) is 10.0. The van der Waals surface area contributed by atoms with Crippen LogP contribution in [0.2, 0.25) is 0 Å². The number of halogens is 4. The average Bonchev–Trinajstić information content (AvgIpc) is 2.03. The van der Waals surface area contributed by atoms with Gasteiger partial charge in [0.2, 0.25) is 0 Å². The molecule has 0 aliphatic heterocycles. The minimum atomic E-state index is -2.42. The van der Waals surface area contributed by atoms with Gasteiger partial charge in [0.25, 0.3) is 6.43 Å². The fourth-order valence-corrected chi connectivity index (χ4v) is 3.16. The number of ether oxygens (including phenoxy) is 1. The largest absolute Gasteiger partial charge is 0.495 e. The Morgan fingerprint density at radius 3 is 2.00 bits per heavy atom. The van der Waals surface area contributed by atoms with Crippen LogP contribution in [-0.4, -0.2) is 7.11 Å². The molecule has 1 rings (SSSR count). The highest BCUT2D eigenvalue weighted by atomic mass is 127. The molecular weight excluding hydrogens is 404 g/mol. The number of alkyl halides is 2. The number of methoxy groups -OCH3 is 1. The van der Waals surface area contributed by atoms with Crippen molar-refractivity contribution in [1.29, 1.82) is 0 Å². The van der Waals surface area contributed by atoms with Gasteiger partial charge in [-0.2, -0.15) is 0 Å². The molecule has 72 valence electrons. The number of hydrogen-bond donors (Lipinski definition) is 0. The van der Waals surface area contributed by atoms with Gasteiger partial charge in [-0.05, 0) is 57.3 Å². The summed E-state index contributed by atoms with van der Waals surface area (Å²) in [5, 5.41) is 0. The van der Waals surface area contributed by atoms with Gasteiger partial charge in [0.1, 0.15) is 5.75 Å². The smallest absolute Gasteiger partial charge is 0.263 e. The normalized spacial score (nSPS) is 10.6. The lowest BCUT2D eigenvalue weighted by atomic mass is 10.2. The monoisotopic (exact) mass is 410 g/mol. The van der Waals surface area contributed by atoms with Crippen LogP contribution in [0.5, 0.6) is 5.75 Å². The van der Waals surface area contributed by atoms with Crippen molar-refractivity contribution in [2.45, 2.75) is 6.43 Å². The first-order valence-corrected chi connectivity index (χ1v) is 5.53. The van der Waals surface area contributed by atoms with Crippen LogP contribution >= 0.6 is 45.2 Å². The summed E-state index contributed by atoms with van der Waals surface area (Å²) in [5.74, 6) is 0.658. The standard InChI is InChI=1S/C8H6F2I2O/c1-13-7-5(11)2-4(8(9)10)3-6(7)12/h2-3,8H,1H3. The van der Waals surface area contributed by atoms with E-state index in [9.17, 15) is 8.78 Å². The van der Waals surface area contributed by atoms with Crippen LogP contribution < -0.4 is 4.74 Å². The van der Waals surface area contributed by atoms with Crippen LogP contribution in [0.15, 0.2) is 12.1 Å². The maximum absolute atomic E-state index is 12.3. The molecule has 5 heteroatoms. The van der Waals surface area contributed by atoms with Crippen molar-refractivity contribution < 1.29 is 13.5 Å². The van der Waals surface area contributed by atoms with E-state index in [1.165, 1.54) is 19.2 Å². The van der Waals surface area contributed by atoms with E-state index in [1.54, 1.807) is 0 Å². The lowest BCUT2D eigenvalue weighted by Crippen LogP contribution is -1.94. The topological polar surface area (TPSA) is 9.23 Å². The van der Waals surface area contributed by atoms with Crippen molar-refractivity contribution in [1.82, 2.24) is 0 Å². The zero-order valence-corrected chi connectivity index (χ0v) is 11.0. The van der Waals surface area contributed by atoms with Crippen molar-refractivity contribution in [3.05, 3.63) is 24.8 Å². The Hall–Kier alpha value is 0.340. The van der Waals surface area contributed by atoms with Crippen LogP contribution in [0.4, 0.5) is 8.78 Å². The second-order valence-corrected chi connectivity index (χ2v) is 4.64. The first kappa shape index (κ1) is 11.4. The first-order valence-electron chi connectivity index (χ1n) is 3.37. The molecule has 1 aromatic rings. The SMILES string of the molecule is COc1c(I)cc(C(F)F)cc1I. The van der Waals surface area contributed by atoms with Gasteiger partial charge in [-0.15, -0.1) is 0 Å². The lowest BCUT2D eigenvalue weighted by Gasteiger charge is -2.08. The summed E-state index contributed by atoms with van der Waals surface area (Å²) in [7, 11) is 1.53. The summed E-state index contributed by atoms with van der Waals surface area (Å²) in [6.07, 6.45) is -2.42. The highest BCUT2D eigenvalue weighted by Crippen LogP contribution is 2.31. The van der Waals surface area contributed by atoms with E-state index in [0.29, 0.717) is 12.9 Å². The van der Waals surface area contributed by atoms with Crippen LogP contribution in [0.3, 0.4) is 0 Å². The molecule has 0 bridgehead atoms.